The number of piperidine rings is 1. The third kappa shape index (κ3) is 3.20. The van der Waals surface area contributed by atoms with Crippen molar-refractivity contribution in [1.82, 2.24) is 9.80 Å². The lowest BCUT2D eigenvalue weighted by Crippen LogP contribution is -2.53. The van der Waals surface area contributed by atoms with Gasteiger partial charge in [0.25, 0.3) is 0 Å². The second kappa shape index (κ2) is 6.67. The topological polar surface area (TPSA) is 81.1 Å². The number of rotatable bonds is 3. The largest absolute Gasteiger partial charge is 0.480 e. The van der Waals surface area contributed by atoms with Gasteiger partial charge < -0.3 is 15.1 Å². The molecule has 2 aliphatic heterocycles. The molecule has 0 bridgehead atoms. The third-order valence-corrected chi connectivity index (χ3v) is 5.22. The molecule has 2 aliphatic rings. The zero-order chi connectivity index (χ0) is 14.7. The van der Waals surface area contributed by atoms with Gasteiger partial charge in [0.2, 0.25) is 0 Å². The van der Waals surface area contributed by atoms with Crippen LogP contribution < -0.4 is 0 Å². The molecule has 2 fully saturated rings. The van der Waals surface area contributed by atoms with Crippen molar-refractivity contribution < 1.29 is 19.8 Å². The van der Waals surface area contributed by atoms with Crippen molar-refractivity contribution in [2.24, 2.45) is 0 Å². The summed E-state index contributed by atoms with van der Waals surface area (Å²) in [5.41, 5.74) is 0. The van der Waals surface area contributed by atoms with Crippen molar-refractivity contribution in [2.45, 2.75) is 50.1 Å². The van der Waals surface area contributed by atoms with Gasteiger partial charge in [-0.2, -0.15) is 0 Å². The molecule has 0 aromatic carbocycles. The van der Waals surface area contributed by atoms with Crippen LogP contribution in [0, 0.1) is 0 Å². The number of hydrogen-bond donors (Lipinski definition) is 2. The number of urea groups is 1. The number of likely N-dealkylation sites (tertiary alicyclic amines) is 1. The maximum Gasteiger partial charge on any atom is 0.327 e. The standard InChI is InChI=1S/C13H22N2O4S/c1-2-3-11-15(10(8-20-11)12(17)18)13(19)14-6-4-9(16)5-7-14/h9-11,16H,2-8H2,1H3,(H,17,18). The molecule has 2 unspecified atom stereocenters. The Kier molecular flexibility index (Phi) is 5.15. The van der Waals surface area contributed by atoms with E-state index in [0.29, 0.717) is 31.7 Å². The van der Waals surface area contributed by atoms with Gasteiger partial charge >= 0.3 is 12.0 Å². The van der Waals surface area contributed by atoms with Crippen LogP contribution in [0.5, 0.6) is 0 Å². The summed E-state index contributed by atoms with van der Waals surface area (Å²) in [6.45, 7) is 3.05. The molecular weight excluding hydrogens is 280 g/mol. The fraction of sp³-hybridized carbons (Fsp3) is 0.846. The number of amides is 2. The normalized spacial score (nSPS) is 27.9. The number of carboxylic acids is 1. The SMILES string of the molecule is CCCC1SCC(C(=O)O)N1C(=O)N1CCC(O)CC1. The van der Waals surface area contributed by atoms with Crippen LogP contribution in [-0.2, 0) is 4.79 Å². The van der Waals surface area contributed by atoms with Crippen molar-refractivity contribution in [3.63, 3.8) is 0 Å². The lowest BCUT2D eigenvalue weighted by atomic mass is 10.1. The highest BCUT2D eigenvalue weighted by atomic mass is 32.2. The van der Waals surface area contributed by atoms with Crippen molar-refractivity contribution in [3.05, 3.63) is 0 Å². The van der Waals surface area contributed by atoms with E-state index in [-0.39, 0.29) is 17.5 Å². The molecule has 2 atom stereocenters. The highest BCUT2D eigenvalue weighted by molar-refractivity contribution is 8.00. The van der Waals surface area contributed by atoms with Crippen molar-refractivity contribution >= 4 is 23.8 Å². The van der Waals surface area contributed by atoms with Gasteiger partial charge in [-0.05, 0) is 19.3 Å². The van der Waals surface area contributed by atoms with E-state index in [1.54, 1.807) is 16.7 Å². The van der Waals surface area contributed by atoms with Gasteiger partial charge in [0.05, 0.1) is 11.5 Å². The quantitative estimate of drug-likeness (QED) is 0.818. The third-order valence-electron chi connectivity index (χ3n) is 3.87. The van der Waals surface area contributed by atoms with E-state index in [0.717, 1.165) is 12.8 Å². The molecule has 0 aromatic heterocycles. The number of aliphatic carboxylic acids is 1. The monoisotopic (exact) mass is 302 g/mol. The highest BCUT2D eigenvalue weighted by Crippen LogP contribution is 2.33. The summed E-state index contributed by atoms with van der Waals surface area (Å²) in [7, 11) is 0. The summed E-state index contributed by atoms with van der Waals surface area (Å²) in [6.07, 6.45) is 2.54. The Morgan fingerprint density at radius 2 is 1.95 bits per heavy atom. The van der Waals surface area contributed by atoms with Gasteiger partial charge in [-0.1, -0.05) is 13.3 Å². The number of carbonyl (C=O) groups is 2. The molecular formula is C13H22N2O4S. The average molecular weight is 302 g/mol. The summed E-state index contributed by atoms with van der Waals surface area (Å²) in [4.78, 5) is 27.1. The van der Waals surface area contributed by atoms with Gasteiger partial charge in [-0.25, -0.2) is 9.59 Å². The molecule has 0 aliphatic carbocycles. The molecule has 6 nitrogen and oxygen atoms in total. The number of aliphatic hydroxyl groups excluding tert-OH is 1. The molecule has 2 rings (SSSR count). The molecule has 7 heteroatoms. The Balaban J connectivity index is 2.08. The fourth-order valence-electron chi connectivity index (χ4n) is 2.70. The summed E-state index contributed by atoms with van der Waals surface area (Å²) in [6, 6.07) is -0.913. The number of aliphatic hydroxyl groups is 1. The smallest absolute Gasteiger partial charge is 0.327 e. The molecule has 2 saturated heterocycles. The molecule has 20 heavy (non-hydrogen) atoms. The van der Waals surface area contributed by atoms with Crippen LogP contribution in [0.25, 0.3) is 0 Å². The fourth-order valence-corrected chi connectivity index (χ4v) is 4.21. The number of thioether (sulfide) groups is 1. The Bertz CT molecular complexity index is 371. The molecule has 0 spiro atoms. The lowest BCUT2D eigenvalue weighted by molar-refractivity contribution is -0.141. The van der Waals surface area contributed by atoms with Gasteiger partial charge in [0, 0.05) is 18.8 Å². The Morgan fingerprint density at radius 3 is 2.50 bits per heavy atom. The first kappa shape index (κ1) is 15.4. The van der Waals surface area contributed by atoms with Crippen LogP contribution in [0.2, 0.25) is 0 Å². The summed E-state index contributed by atoms with van der Waals surface area (Å²) >= 11 is 1.55. The van der Waals surface area contributed by atoms with Crippen LogP contribution in [0.3, 0.4) is 0 Å². The summed E-state index contributed by atoms with van der Waals surface area (Å²) in [5, 5.41) is 18.8. The predicted octanol–water partition coefficient (Wildman–Crippen LogP) is 1.19. The molecule has 114 valence electrons. The van der Waals surface area contributed by atoms with E-state index in [1.807, 2.05) is 6.92 Å². The summed E-state index contributed by atoms with van der Waals surface area (Å²) in [5.74, 6) is -0.469. The zero-order valence-electron chi connectivity index (χ0n) is 11.7. The maximum atomic E-state index is 12.6. The van der Waals surface area contributed by atoms with Gasteiger partial charge in [0.1, 0.15) is 6.04 Å². The maximum absolute atomic E-state index is 12.6. The first-order valence-electron chi connectivity index (χ1n) is 7.14. The van der Waals surface area contributed by atoms with E-state index in [1.165, 1.54) is 4.90 Å². The minimum Gasteiger partial charge on any atom is -0.480 e. The number of carbonyl (C=O) groups excluding carboxylic acids is 1. The zero-order valence-corrected chi connectivity index (χ0v) is 12.5. The van der Waals surface area contributed by atoms with Crippen LogP contribution in [0.4, 0.5) is 4.79 Å². The predicted molar refractivity (Wildman–Crippen MR) is 76.6 cm³/mol. The van der Waals surface area contributed by atoms with Gasteiger partial charge in [-0.3, -0.25) is 4.90 Å². The molecule has 0 radical (unpaired) electrons. The minimum atomic E-state index is -0.929. The molecule has 0 saturated carbocycles. The van der Waals surface area contributed by atoms with Crippen molar-refractivity contribution in [1.29, 1.82) is 0 Å². The van der Waals surface area contributed by atoms with E-state index in [2.05, 4.69) is 0 Å². The number of carboxylic acid groups (broad SMARTS) is 1. The Labute approximate surface area is 123 Å². The lowest BCUT2D eigenvalue weighted by Gasteiger charge is -2.36. The van der Waals surface area contributed by atoms with E-state index in [4.69, 9.17) is 0 Å². The molecule has 2 heterocycles. The first-order valence-corrected chi connectivity index (χ1v) is 8.19. The van der Waals surface area contributed by atoms with Crippen LogP contribution in [-0.4, -0.2) is 68.4 Å². The van der Waals surface area contributed by atoms with E-state index < -0.39 is 12.0 Å². The van der Waals surface area contributed by atoms with E-state index in [9.17, 15) is 19.8 Å². The number of hydrogen-bond acceptors (Lipinski definition) is 4. The highest BCUT2D eigenvalue weighted by Gasteiger charge is 2.43. The second-order valence-corrected chi connectivity index (χ2v) is 6.55. The molecule has 2 N–H and O–H groups in total. The second-order valence-electron chi connectivity index (χ2n) is 5.34. The number of nitrogens with zero attached hydrogens (tertiary/aromatic N) is 2. The van der Waals surface area contributed by atoms with Crippen molar-refractivity contribution in [3.8, 4) is 0 Å². The summed E-state index contributed by atoms with van der Waals surface area (Å²) < 4.78 is 0. The molecule has 2 amide bonds. The minimum absolute atomic E-state index is 0.0413. The Hall–Kier alpha value is -0.950. The van der Waals surface area contributed by atoms with Gasteiger partial charge in [0.15, 0.2) is 0 Å². The average Bonchev–Trinajstić information content (AvgIpc) is 2.83. The Morgan fingerprint density at radius 1 is 1.30 bits per heavy atom. The van der Waals surface area contributed by atoms with Crippen LogP contribution in [0.15, 0.2) is 0 Å². The van der Waals surface area contributed by atoms with Crippen LogP contribution in [0.1, 0.15) is 32.6 Å². The first-order chi connectivity index (χ1) is 9.54. The van der Waals surface area contributed by atoms with Gasteiger partial charge in [-0.15, -0.1) is 11.8 Å². The van der Waals surface area contributed by atoms with Crippen LogP contribution >= 0.6 is 11.8 Å². The van der Waals surface area contributed by atoms with E-state index >= 15 is 0 Å². The van der Waals surface area contributed by atoms with Crippen molar-refractivity contribution in [2.75, 3.05) is 18.8 Å². The molecule has 0 aromatic rings.